The van der Waals surface area contributed by atoms with Crippen molar-refractivity contribution in [3.63, 3.8) is 0 Å². The van der Waals surface area contributed by atoms with E-state index in [1.54, 1.807) is 12.4 Å². The van der Waals surface area contributed by atoms with Crippen molar-refractivity contribution in [2.45, 2.75) is 51.5 Å². The van der Waals surface area contributed by atoms with Gasteiger partial charge in [0.2, 0.25) is 5.91 Å². The molecule has 2 aromatic rings. The number of rotatable bonds is 8. The first-order valence-corrected chi connectivity index (χ1v) is 9.15. The molecule has 1 N–H and O–H groups in total. The molecule has 1 saturated heterocycles. The number of aromatic nitrogens is 3. The third kappa shape index (κ3) is 5.12. The molecular weight excluding hydrogens is 332 g/mol. The molecular formula is C19H26N4O3. The third-order valence-electron chi connectivity index (χ3n) is 4.52. The lowest BCUT2D eigenvalue weighted by Crippen LogP contribution is -2.50. The number of nitrogens with zero attached hydrogens (tertiary/aromatic N) is 3. The molecule has 0 radical (unpaired) electrons. The maximum atomic E-state index is 12.4. The number of pyridine rings is 1. The Hall–Kier alpha value is -2.25. The minimum atomic E-state index is -0.158. The highest BCUT2D eigenvalue weighted by Crippen LogP contribution is 2.14. The topological polar surface area (TPSA) is 78.3 Å². The first kappa shape index (κ1) is 18.5. The molecule has 0 bridgehead atoms. The monoisotopic (exact) mass is 358 g/mol. The highest BCUT2D eigenvalue weighted by atomic mass is 16.5. The van der Waals surface area contributed by atoms with Crippen LogP contribution in [0, 0.1) is 0 Å². The van der Waals surface area contributed by atoms with Crippen molar-refractivity contribution in [3.05, 3.63) is 48.3 Å². The highest BCUT2D eigenvalue weighted by molar-refractivity contribution is 5.76. The number of amides is 1. The van der Waals surface area contributed by atoms with Gasteiger partial charge in [-0.1, -0.05) is 13.0 Å². The summed E-state index contributed by atoms with van der Waals surface area (Å²) in [4.78, 5) is 20.9. The smallest absolute Gasteiger partial charge is 0.222 e. The Morgan fingerprint density at radius 2 is 2.31 bits per heavy atom. The Labute approximate surface area is 153 Å². The van der Waals surface area contributed by atoms with Crippen LogP contribution in [0.4, 0.5) is 0 Å². The summed E-state index contributed by atoms with van der Waals surface area (Å²) in [7, 11) is 0. The minimum absolute atomic E-state index is 0.0269. The fourth-order valence-electron chi connectivity index (χ4n) is 3.08. The average Bonchev–Trinajstić information content (AvgIpc) is 3.14. The Balaban J connectivity index is 1.48. The molecule has 7 heteroatoms. The number of ether oxygens (including phenoxy) is 2. The zero-order valence-corrected chi connectivity index (χ0v) is 15.1. The van der Waals surface area contributed by atoms with Gasteiger partial charge >= 0.3 is 0 Å². The average molecular weight is 358 g/mol. The largest absolute Gasteiger partial charge is 0.379 e. The predicted molar refractivity (Wildman–Crippen MR) is 96.4 cm³/mol. The SMILES string of the molecule is CCc1nccn1CCC(=O)N[C@@H]1CCOC[C@H]1OCc1ccccn1. The van der Waals surface area contributed by atoms with Gasteiger partial charge < -0.3 is 19.4 Å². The van der Waals surface area contributed by atoms with Gasteiger partial charge in [0.05, 0.1) is 24.9 Å². The minimum Gasteiger partial charge on any atom is -0.379 e. The van der Waals surface area contributed by atoms with Gasteiger partial charge in [-0.15, -0.1) is 0 Å². The summed E-state index contributed by atoms with van der Waals surface area (Å²) in [5.74, 6) is 1.03. The summed E-state index contributed by atoms with van der Waals surface area (Å²) in [5, 5.41) is 3.11. The first-order valence-electron chi connectivity index (χ1n) is 9.15. The van der Waals surface area contributed by atoms with E-state index in [9.17, 15) is 4.79 Å². The second-order valence-electron chi connectivity index (χ2n) is 6.35. The maximum Gasteiger partial charge on any atom is 0.222 e. The Bertz CT molecular complexity index is 689. The number of carbonyl (C=O) groups excluding carboxylic acids is 1. The van der Waals surface area contributed by atoms with E-state index in [0.717, 1.165) is 24.4 Å². The molecule has 3 rings (SSSR count). The third-order valence-corrected chi connectivity index (χ3v) is 4.52. The Morgan fingerprint density at radius 1 is 1.38 bits per heavy atom. The molecule has 0 aromatic carbocycles. The van der Waals surface area contributed by atoms with E-state index in [4.69, 9.17) is 9.47 Å². The van der Waals surface area contributed by atoms with Gasteiger partial charge in [0.25, 0.3) is 0 Å². The lowest BCUT2D eigenvalue weighted by atomic mass is 10.1. The quantitative estimate of drug-likeness (QED) is 0.777. The summed E-state index contributed by atoms with van der Waals surface area (Å²) >= 11 is 0. The van der Waals surface area contributed by atoms with Crippen LogP contribution in [0.1, 0.15) is 31.3 Å². The van der Waals surface area contributed by atoms with E-state index in [1.165, 1.54) is 0 Å². The molecule has 3 heterocycles. The van der Waals surface area contributed by atoms with Crippen LogP contribution in [0.3, 0.4) is 0 Å². The van der Waals surface area contributed by atoms with E-state index < -0.39 is 0 Å². The van der Waals surface area contributed by atoms with Gasteiger partial charge in [0.1, 0.15) is 11.9 Å². The van der Waals surface area contributed by atoms with Gasteiger partial charge in [-0.05, 0) is 18.6 Å². The number of hydrogen-bond acceptors (Lipinski definition) is 5. The van der Waals surface area contributed by atoms with Gasteiger partial charge in [-0.2, -0.15) is 0 Å². The number of imidazole rings is 1. The molecule has 0 saturated carbocycles. The first-order chi connectivity index (χ1) is 12.8. The molecule has 2 atom stereocenters. The predicted octanol–water partition coefficient (Wildman–Crippen LogP) is 1.72. The molecule has 0 aliphatic carbocycles. The molecule has 1 amide bonds. The van der Waals surface area contributed by atoms with Gasteiger partial charge in [0, 0.05) is 44.6 Å². The summed E-state index contributed by atoms with van der Waals surface area (Å²) in [6.45, 7) is 4.23. The highest BCUT2D eigenvalue weighted by Gasteiger charge is 2.28. The van der Waals surface area contributed by atoms with Crippen molar-refractivity contribution in [1.29, 1.82) is 0 Å². The maximum absolute atomic E-state index is 12.4. The zero-order valence-electron chi connectivity index (χ0n) is 15.1. The van der Waals surface area contributed by atoms with Crippen molar-refractivity contribution >= 4 is 5.91 Å². The lowest BCUT2D eigenvalue weighted by molar-refractivity contribution is -0.126. The van der Waals surface area contributed by atoms with Crippen LogP contribution in [0.5, 0.6) is 0 Å². The van der Waals surface area contributed by atoms with E-state index in [-0.39, 0.29) is 18.1 Å². The van der Waals surface area contributed by atoms with Crippen molar-refractivity contribution in [2.24, 2.45) is 0 Å². The van der Waals surface area contributed by atoms with Crippen molar-refractivity contribution in [3.8, 4) is 0 Å². The summed E-state index contributed by atoms with van der Waals surface area (Å²) < 4.78 is 13.5. The molecule has 140 valence electrons. The van der Waals surface area contributed by atoms with Crippen molar-refractivity contribution < 1.29 is 14.3 Å². The molecule has 26 heavy (non-hydrogen) atoms. The molecule has 7 nitrogen and oxygen atoms in total. The fourth-order valence-corrected chi connectivity index (χ4v) is 3.08. The Kier molecular flexibility index (Phi) is 6.74. The van der Waals surface area contributed by atoms with Crippen LogP contribution in [-0.2, 0) is 33.8 Å². The summed E-state index contributed by atoms with van der Waals surface area (Å²) in [5.41, 5.74) is 0.871. The lowest BCUT2D eigenvalue weighted by Gasteiger charge is -2.32. The van der Waals surface area contributed by atoms with Crippen molar-refractivity contribution in [2.75, 3.05) is 13.2 Å². The molecule has 1 fully saturated rings. The van der Waals surface area contributed by atoms with Crippen LogP contribution in [0.15, 0.2) is 36.8 Å². The van der Waals surface area contributed by atoms with Crippen LogP contribution >= 0.6 is 0 Å². The number of nitrogens with one attached hydrogen (secondary N) is 1. The van der Waals surface area contributed by atoms with Crippen LogP contribution in [0.2, 0.25) is 0 Å². The molecule has 0 unspecified atom stereocenters. The van der Waals surface area contributed by atoms with Gasteiger partial charge in [0.15, 0.2) is 0 Å². The standard InChI is InChI=1S/C19H26N4O3/c1-2-18-21-9-11-23(18)10-6-19(24)22-16-7-12-25-14-17(16)26-13-15-5-3-4-8-20-15/h3-5,8-9,11,16-17H,2,6-7,10,12-14H2,1H3,(H,22,24)/t16-,17-/m1/s1. The van der Waals surface area contributed by atoms with E-state index in [2.05, 4.69) is 22.2 Å². The van der Waals surface area contributed by atoms with Crippen LogP contribution < -0.4 is 5.32 Å². The Morgan fingerprint density at radius 3 is 3.12 bits per heavy atom. The van der Waals surface area contributed by atoms with E-state index >= 15 is 0 Å². The van der Waals surface area contributed by atoms with Crippen LogP contribution in [0.25, 0.3) is 0 Å². The van der Waals surface area contributed by atoms with E-state index in [0.29, 0.717) is 32.8 Å². The van der Waals surface area contributed by atoms with Crippen molar-refractivity contribution in [1.82, 2.24) is 19.9 Å². The molecule has 2 aromatic heterocycles. The fraction of sp³-hybridized carbons (Fsp3) is 0.526. The molecule has 0 spiro atoms. The second-order valence-corrected chi connectivity index (χ2v) is 6.35. The summed E-state index contributed by atoms with van der Waals surface area (Å²) in [6.07, 6.45) is 7.32. The molecule has 1 aliphatic heterocycles. The number of aryl methyl sites for hydroxylation is 2. The van der Waals surface area contributed by atoms with Crippen LogP contribution in [-0.4, -0.2) is 45.8 Å². The van der Waals surface area contributed by atoms with E-state index in [1.807, 2.05) is 29.0 Å². The van der Waals surface area contributed by atoms with Gasteiger partial charge in [-0.3, -0.25) is 9.78 Å². The summed E-state index contributed by atoms with van der Waals surface area (Å²) in [6, 6.07) is 5.70. The second kappa shape index (κ2) is 9.45. The molecule has 1 aliphatic rings. The zero-order chi connectivity index (χ0) is 18.2. The number of hydrogen-bond donors (Lipinski definition) is 1. The number of carbonyl (C=O) groups is 1. The normalized spacial score (nSPS) is 20.0. The van der Waals surface area contributed by atoms with Gasteiger partial charge in [-0.25, -0.2) is 4.98 Å².